The summed E-state index contributed by atoms with van der Waals surface area (Å²) in [6, 6.07) is 12.8. The van der Waals surface area contributed by atoms with Crippen molar-refractivity contribution in [3.05, 3.63) is 88.0 Å². The van der Waals surface area contributed by atoms with Gasteiger partial charge in [0.15, 0.2) is 0 Å². The van der Waals surface area contributed by atoms with E-state index in [1.54, 1.807) is 38.1 Å². The second-order valence-corrected chi connectivity index (χ2v) is 10.4. The van der Waals surface area contributed by atoms with Gasteiger partial charge in [-0.2, -0.15) is 4.31 Å². The van der Waals surface area contributed by atoms with Crippen LogP contribution in [0.5, 0.6) is 0 Å². The summed E-state index contributed by atoms with van der Waals surface area (Å²) in [6.45, 7) is 3.17. The third-order valence-electron chi connectivity index (χ3n) is 4.91. The van der Waals surface area contributed by atoms with Crippen LogP contribution in [0.2, 0.25) is 10.0 Å². The molecule has 0 radical (unpaired) electrons. The largest absolute Gasteiger partial charge is 0.467 e. The summed E-state index contributed by atoms with van der Waals surface area (Å²) < 4.78 is 46.5. The summed E-state index contributed by atoms with van der Waals surface area (Å²) >= 11 is 12.1. The number of sulfonamides is 1. The molecule has 10 heteroatoms. The molecule has 33 heavy (non-hydrogen) atoms. The Morgan fingerprint density at radius 2 is 1.76 bits per heavy atom. The quantitative estimate of drug-likeness (QED) is 0.387. The lowest BCUT2D eigenvalue weighted by molar-refractivity contribution is -0.133. The summed E-state index contributed by atoms with van der Waals surface area (Å²) in [4.78, 5) is 14.6. The number of carbonyl (C=O) groups excluding carboxylic acids is 1. The van der Waals surface area contributed by atoms with Gasteiger partial charge in [-0.3, -0.25) is 4.79 Å². The van der Waals surface area contributed by atoms with E-state index in [9.17, 15) is 17.6 Å². The molecule has 1 aromatic heterocycles. The Morgan fingerprint density at radius 1 is 1.06 bits per heavy atom. The van der Waals surface area contributed by atoms with Gasteiger partial charge in [-0.25, -0.2) is 12.8 Å². The predicted octanol–water partition coefficient (Wildman–Crippen LogP) is 5.35. The third kappa shape index (κ3) is 6.35. The Bertz CT molecular complexity index is 1200. The van der Waals surface area contributed by atoms with E-state index < -0.39 is 34.3 Å². The highest BCUT2D eigenvalue weighted by Gasteiger charge is 2.32. The smallest absolute Gasteiger partial charge is 0.245 e. The number of rotatable bonds is 9. The van der Waals surface area contributed by atoms with Gasteiger partial charge in [0.05, 0.1) is 24.4 Å². The van der Waals surface area contributed by atoms with E-state index in [1.807, 2.05) is 0 Å². The highest BCUT2D eigenvalue weighted by molar-refractivity contribution is 7.89. The summed E-state index contributed by atoms with van der Waals surface area (Å²) in [5, 5.41) is 0.222. The SMILES string of the molecule is CC(C)N(CC(=O)N(Cc1ccc(F)cc1)Cc1ccco1)S(=O)(=O)c1cc(Cl)ccc1Cl. The molecule has 1 amide bonds. The predicted molar refractivity (Wildman–Crippen MR) is 125 cm³/mol. The molecule has 1 heterocycles. The van der Waals surface area contributed by atoms with Crippen molar-refractivity contribution < 1.29 is 22.0 Å². The highest BCUT2D eigenvalue weighted by Crippen LogP contribution is 2.29. The fourth-order valence-corrected chi connectivity index (χ4v) is 5.54. The lowest BCUT2D eigenvalue weighted by Crippen LogP contribution is -2.45. The minimum absolute atomic E-state index is 0.0104. The average Bonchev–Trinajstić information content (AvgIpc) is 3.27. The maximum absolute atomic E-state index is 13.4. The number of hydrogen-bond donors (Lipinski definition) is 0. The van der Waals surface area contributed by atoms with Crippen molar-refractivity contribution in [2.75, 3.05) is 6.54 Å². The third-order valence-corrected chi connectivity index (χ3v) is 7.65. The first-order valence-corrected chi connectivity index (χ1v) is 12.3. The number of halogens is 3. The molecule has 0 N–H and O–H groups in total. The van der Waals surface area contributed by atoms with Crippen LogP contribution in [-0.2, 0) is 27.9 Å². The molecule has 0 fully saturated rings. The van der Waals surface area contributed by atoms with Crippen molar-refractivity contribution in [3.8, 4) is 0 Å². The standard InChI is InChI=1S/C23H23Cl2FN2O4S/c1-16(2)28(33(30,31)22-12-18(24)7-10-21(22)25)15-23(29)27(14-20-4-3-11-32-20)13-17-5-8-19(26)9-6-17/h3-12,16H,13-15H2,1-2H3. The molecule has 3 rings (SSSR count). The zero-order chi connectivity index (χ0) is 24.2. The van der Waals surface area contributed by atoms with Gasteiger partial charge in [0, 0.05) is 17.6 Å². The molecule has 3 aromatic rings. The molecule has 0 bridgehead atoms. The van der Waals surface area contributed by atoms with Gasteiger partial charge >= 0.3 is 0 Å². The van der Waals surface area contributed by atoms with Crippen molar-refractivity contribution in [2.24, 2.45) is 0 Å². The maximum Gasteiger partial charge on any atom is 0.245 e. The van der Waals surface area contributed by atoms with E-state index in [0.29, 0.717) is 11.3 Å². The van der Waals surface area contributed by atoms with Crippen molar-refractivity contribution in [3.63, 3.8) is 0 Å². The van der Waals surface area contributed by atoms with Crippen molar-refractivity contribution in [2.45, 2.75) is 37.9 Å². The Kier molecular flexibility index (Phi) is 8.18. The number of carbonyl (C=O) groups is 1. The topological polar surface area (TPSA) is 70.8 Å². The molecule has 0 aliphatic carbocycles. The van der Waals surface area contributed by atoms with E-state index in [1.165, 1.54) is 41.5 Å². The van der Waals surface area contributed by atoms with E-state index in [2.05, 4.69) is 0 Å². The average molecular weight is 513 g/mol. The van der Waals surface area contributed by atoms with E-state index >= 15 is 0 Å². The number of nitrogens with zero attached hydrogens (tertiary/aromatic N) is 2. The molecule has 0 aliphatic rings. The number of furan rings is 1. The number of benzene rings is 2. The van der Waals surface area contributed by atoms with Crippen LogP contribution in [0.25, 0.3) is 0 Å². The second-order valence-electron chi connectivity index (χ2n) is 7.67. The first-order chi connectivity index (χ1) is 15.6. The number of amides is 1. The Hall–Kier alpha value is -2.39. The first kappa shape index (κ1) is 25.2. The van der Waals surface area contributed by atoms with Crippen molar-refractivity contribution in [1.29, 1.82) is 0 Å². The lowest BCUT2D eigenvalue weighted by atomic mass is 10.2. The fraction of sp³-hybridized carbons (Fsp3) is 0.261. The molecule has 6 nitrogen and oxygen atoms in total. The van der Waals surface area contributed by atoms with Gasteiger partial charge in [0.25, 0.3) is 0 Å². The molecule has 0 spiro atoms. The van der Waals surface area contributed by atoms with Crippen LogP contribution in [0.1, 0.15) is 25.2 Å². The first-order valence-electron chi connectivity index (χ1n) is 10.1. The Labute approximate surface area is 202 Å². The molecule has 176 valence electrons. The molecule has 0 saturated carbocycles. The minimum Gasteiger partial charge on any atom is -0.467 e. The molecule has 0 aliphatic heterocycles. The second kappa shape index (κ2) is 10.7. The minimum atomic E-state index is -4.13. The normalized spacial score (nSPS) is 11.8. The molecular weight excluding hydrogens is 490 g/mol. The molecule has 2 aromatic carbocycles. The van der Waals surface area contributed by atoms with Crippen LogP contribution in [-0.4, -0.2) is 36.1 Å². The van der Waals surface area contributed by atoms with Gasteiger partial charge in [-0.1, -0.05) is 35.3 Å². The monoisotopic (exact) mass is 512 g/mol. The molecule has 0 saturated heterocycles. The van der Waals surface area contributed by atoms with Crippen LogP contribution < -0.4 is 0 Å². The van der Waals surface area contributed by atoms with E-state index in [4.69, 9.17) is 27.6 Å². The van der Waals surface area contributed by atoms with Gasteiger partial charge in [0.1, 0.15) is 16.5 Å². The van der Waals surface area contributed by atoms with Crippen LogP contribution in [0.15, 0.2) is 70.2 Å². The number of hydrogen-bond acceptors (Lipinski definition) is 4. The van der Waals surface area contributed by atoms with Gasteiger partial charge in [-0.05, 0) is 61.9 Å². The van der Waals surface area contributed by atoms with Crippen LogP contribution in [0.3, 0.4) is 0 Å². The summed E-state index contributed by atoms with van der Waals surface area (Å²) in [7, 11) is -4.13. The lowest BCUT2D eigenvalue weighted by Gasteiger charge is -2.29. The summed E-state index contributed by atoms with van der Waals surface area (Å²) in [5.41, 5.74) is 0.688. The van der Waals surface area contributed by atoms with Gasteiger partial charge in [-0.15, -0.1) is 0 Å². The zero-order valence-electron chi connectivity index (χ0n) is 18.0. The molecule has 0 atom stereocenters. The van der Waals surface area contributed by atoms with Gasteiger partial charge in [0.2, 0.25) is 15.9 Å². The van der Waals surface area contributed by atoms with Crippen molar-refractivity contribution in [1.82, 2.24) is 9.21 Å². The summed E-state index contributed by atoms with van der Waals surface area (Å²) in [5.74, 6) is -0.313. The maximum atomic E-state index is 13.4. The van der Waals surface area contributed by atoms with E-state index in [-0.39, 0.29) is 28.0 Å². The van der Waals surface area contributed by atoms with E-state index in [0.717, 1.165) is 4.31 Å². The van der Waals surface area contributed by atoms with Crippen LogP contribution in [0, 0.1) is 5.82 Å². The highest BCUT2D eigenvalue weighted by atomic mass is 35.5. The summed E-state index contributed by atoms with van der Waals surface area (Å²) in [6.07, 6.45) is 1.49. The fourth-order valence-electron chi connectivity index (χ4n) is 3.21. The Morgan fingerprint density at radius 3 is 2.36 bits per heavy atom. The zero-order valence-corrected chi connectivity index (χ0v) is 20.4. The Balaban J connectivity index is 1.90. The van der Waals surface area contributed by atoms with Crippen LogP contribution in [0.4, 0.5) is 4.39 Å². The van der Waals surface area contributed by atoms with Crippen molar-refractivity contribution >= 4 is 39.1 Å². The van der Waals surface area contributed by atoms with Crippen LogP contribution >= 0.6 is 23.2 Å². The molecular formula is C23H23Cl2FN2O4S. The molecule has 0 unspecified atom stereocenters. The van der Waals surface area contributed by atoms with Gasteiger partial charge < -0.3 is 9.32 Å².